The standard InChI is InChI=1S/C15H16ClN3O2/c1-9-4-3-5-18-13(9)8-19-14-11(15(20)21-2)6-10(17)7-12(14)16/h3-7,19H,8,17H2,1-2H3. The van der Waals surface area contributed by atoms with Gasteiger partial charge >= 0.3 is 5.97 Å². The SMILES string of the molecule is COC(=O)c1cc(N)cc(Cl)c1NCc1ncccc1C. The molecule has 0 radical (unpaired) electrons. The van der Waals surface area contributed by atoms with Crippen molar-refractivity contribution in [2.75, 3.05) is 18.2 Å². The van der Waals surface area contributed by atoms with Gasteiger partial charge in [0.1, 0.15) is 0 Å². The molecule has 3 N–H and O–H groups in total. The molecule has 1 aromatic carbocycles. The molecular weight excluding hydrogens is 290 g/mol. The summed E-state index contributed by atoms with van der Waals surface area (Å²) in [5.41, 5.74) is 8.84. The van der Waals surface area contributed by atoms with Crippen LogP contribution in [0.3, 0.4) is 0 Å². The van der Waals surface area contributed by atoms with E-state index in [1.54, 1.807) is 12.3 Å². The molecule has 0 bridgehead atoms. The topological polar surface area (TPSA) is 77.2 Å². The minimum absolute atomic E-state index is 0.302. The first-order valence-corrected chi connectivity index (χ1v) is 6.72. The van der Waals surface area contributed by atoms with Gasteiger partial charge in [-0.3, -0.25) is 4.98 Å². The van der Waals surface area contributed by atoms with Crippen LogP contribution in [0.1, 0.15) is 21.6 Å². The van der Waals surface area contributed by atoms with Gasteiger partial charge in [-0.15, -0.1) is 0 Å². The summed E-state index contributed by atoms with van der Waals surface area (Å²) in [5, 5.41) is 3.50. The van der Waals surface area contributed by atoms with Gasteiger partial charge in [0.05, 0.1) is 35.6 Å². The molecule has 2 aromatic rings. The van der Waals surface area contributed by atoms with Crippen LogP contribution in [-0.4, -0.2) is 18.1 Å². The Kier molecular flexibility index (Phi) is 4.65. The molecule has 0 spiro atoms. The maximum atomic E-state index is 11.8. The fraction of sp³-hybridized carbons (Fsp3) is 0.200. The van der Waals surface area contributed by atoms with E-state index in [1.165, 1.54) is 13.2 Å². The number of aryl methyl sites for hydroxylation is 1. The molecule has 0 atom stereocenters. The average molecular weight is 306 g/mol. The van der Waals surface area contributed by atoms with Gasteiger partial charge < -0.3 is 15.8 Å². The van der Waals surface area contributed by atoms with Gasteiger partial charge in [-0.2, -0.15) is 0 Å². The average Bonchev–Trinajstić information content (AvgIpc) is 2.46. The third-order valence-corrected chi connectivity index (χ3v) is 3.37. The van der Waals surface area contributed by atoms with Gasteiger partial charge in [0, 0.05) is 11.9 Å². The summed E-state index contributed by atoms with van der Waals surface area (Å²) in [6, 6.07) is 6.96. The van der Waals surface area contributed by atoms with Gasteiger partial charge in [-0.1, -0.05) is 17.7 Å². The minimum atomic E-state index is -0.496. The highest BCUT2D eigenvalue weighted by atomic mass is 35.5. The van der Waals surface area contributed by atoms with Crippen molar-refractivity contribution in [3.05, 3.63) is 52.3 Å². The number of nitrogens with two attached hydrogens (primary N) is 1. The lowest BCUT2D eigenvalue weighted by Crippen LogP contribution is -2.11. The Morgan fingerprint density at radius 3 is 2.90 bits per heavy atom. The van der Waals surface area contributed by atoms with E-state index in [-0.39, 0.29) is 0 Å². The van der Waals surface area contributed by atoms with Crippen molar-refractivity contribution in [2.24, 2.45) is 0 Å². The maximum absolute atomic E-state index is 11.8. The number of carbonyl (C=O) groups excluding carboxylic acids is 1. The zero-order chi connectivity index (χ0) is 15.4. The number of carbonyl (C=O) groups is 1. The molecule has 1 heterocycles. The number of ether oxygens (including phenoxy) is 1. The van der Waals surface area contributed by atoms with Gasteiger partial charge in [-0.25, -0.2) is 4.79 Å². The summed E-state index contributed by atoms with van der Waals surface area (Å²) >= 11 is 6.17. The first-order valence-electron chi connectivity index (χ1n) is 6.34. The zero-order valence-electron chi connectivity index (χ0n) is 11.8. The third kappa shape index (κ3) is 3.44. The number of halogens is 1. The number of esters is 1. The van der Waals surface area contributed by atoms with Gasteiger partial charge in [0.25, 0.3) is 0 Å². The van der Waals surface area contributed by atoms with Crippen LogP contribution >= 0.6 is 11.6 Å². The highest BCUT2D eigenvalue weighted by molar-refractivity contribution is 6.34. The number of pyridine rings is 1. The lowest BCUT2D eigenvalue weighted by molar-refractivity contribution is 0.0602. The van der Waals surface area contributed by atoms with Gasteiger partial charge in [0.2, 0.25) is 0 Å². The van der Waals surface area contributed by atoms with Crippen molar-refractivity contribution >= 4 is 28.9 Å². The fourth-order valence-corrected chi connectivity index (χ4v) is 2.25. The molecule has 6 heteroatoms. The van der Waals surface area contributed by atoms with E-state index in [0.717, 1.165) is 11.3 Å². The Balaban J connectivity index is 2.31. The number of nitrogens with zero attached hydrogens (tertiary/aromatic N) is 1. The Bertz CT molecular complexity index is 674. The Morgan fingerprint density at radius 2 is 2.24 bits per heavy atom. The number of benzene rings is 1. The van der Waals surface area contributed by atoms with Crippen molar-refractivity contribution in [1.29, 1.82) is 0 Å². The predicted molar refractivity (Wildman–Crippen MR) is 83.5 cm³/mol. The number of hydrogen-bond acceptors (Lipinski definition) is 5. The molecule has 0 saturated carbocycles. The largest absolute Gasteiger partial charge is 0.465 e. The lowest BCUT2D eigenvalue weighted by atomic mass is 10.1. The van der Waals surface area contributed by atoms with Crippen molar-refractivity contribution in [3.63, 3.8) is 0 Å². The van der Waals surface area contributed by atoms with E-state index in [0.29, 0.717) is 28.5 Å². The third-order valence-electron chi connectivity index (χ3n) is 3.07. The summed E-state index contributed by atoms with van der Waals surface area (Å²) < 4.78 is 4.75. The monoisotopic (exact) mass is 305 g/mol. The number of nitrogen functional groups attached to an aromatic ring is 1. The van der Waals surface area contributed by atoms with Gasteiger partial charge in [0.15, 0.2) is 0 Å². The van der Waals surface area contributed by atoms with Crippen LogP contribution in [0.4, 0.5) is 11.4 Å². The van der Waals surface area contributed by atoms with Crippen molar-refractivity contribution in [2.45, 2.75) is 13.5 Å². The summed E-state index contributed by atoms with van der Waals surface area (Å²) in [4.78, 5) is 16.1. The van der Waals surface area contributed by atoms with E-state index in [9.17, 15) is 4.79 Å². The number of nitrogens with one attached hydrogen (secondary N) is 1. The molecule has 0 aliphatic carbocycles. The summed E-state index contributed by atoms with van der Waals surface area (Å²) in [6.07, 6.45) is 1.72. The number of anilines is 2. The molecule has 0 aliphatic heterocycles. The van der Waals surface area contributed by atoms with E-state index in [1.807, 2.05) is 19.1 Å². The van der Waals surface area contributed by atoms with Crippen LogP contribution in [0, 0.1) is 6.92 Å². The van der Waals surface area contributed by atoms with Crippen LogP contribution in [0.5, 0.6) is 0 Å². The predicted octanol–water partition coefficient (Wildman–Crippen LogP) is 3.02. The zero-order valence-corrected chi connectivity index (χ0v) is 12.6. The number of hydrogen-bond donors (Lipinski definition) is 2. The minimum Gasteiger partial charge on any atom is -0.465 e. The lowest BCUT2D eigenvalue weighted by Gasteiger charge is -2.14. The fourth-order valence-electron chi connectivity index (χ4n) is 1.95. The van der Waals surface area contributed by atoms with E-state index in [2.05, 4.69) is 10.3 Å². The molecule has 2 rings (SSSR count). The molecule has 0 unspecified atom stereocenters. The molecule has 0 fully saturated rings. The van der Waals surface area contributed by atoms with Gasteiger partial charge in [-0.05, 0) is 30.7 Å². The van der Waals surface area contributed by atoms with Crippen LogP contribution < -0.4 is 11.1 Å². The highest BCUT2D eigenvalue weighted by Crippen LogP contribution is 2.30. The second-order valence-electron chi connectivity index (χ2n) is 4.54. The van der Waals surface area contributed by atoms with E-state index < -0.39 is 5.97 Å². The normalized spacial score (nSPS) is 10.2. The first kappa shape index (κ1) is 15.1. The smallest absolute Gasteiger partial charge is 0.340 e. The Hall–Kier alpha value is -2.27. The molecule has 0 amide bonds. The van der Waals surface area contributed by atoms with E-state index in [4.69, 9.17) is 22.1 Å². The molecule has 1 aromatic heterocycles. The molecule has 21 heavy (non-hydrogen) atoms. The second kappa shape index (κ2) is 6.45. The number of methoxy groups -OCH3 is 1. The maximum Gasteiger partial charge on any atom is 0.340 e. The molecular formula is C15H16ClN3O2. The van der Waals surface area contributed by atoms with Crippen LogP contribution in [0.15, 0.2) is 30.5 Å². The van der Waals surface area contributed by atoms with Crippen LogP contribution in [0.2, 0.25) is 5.02 Å². The summed E-state index contributed by atoms with van der Waals surface area (Å²) in [7, 11) is 1.31. The summed E-state index contributed by atoms with van der Waals surface area (Å²) in [5.74, 6) is -0.496. The molecule has 5 nitrogen and oxygen atoms in total. The number of rotatable bonds is 4. The quantitative estimate of drug-likeness (QED) is 0.670. The van der Waals surface area contributed by atoms with Crippen molar-refractivity contribution < 1.29 is 9.53 Å². The van der Waals surface area contributed by atoms with Crippen LogP contribution in [-0.2, 0) is 11.3 Å². The van der Waals surface area contributed by atoms with Crippen LogP contribution in [0.25, 0.3) is 0 Å². The molecule has 0 aliphatic rings. The number of aromatic nitrogens is 1. The Labute approximate surface area is 128 Å². The summed E-state index contributed by atoms with van der Waals surface area (Å²) in [6.45, 7) is 2.41. The Morgan fingerprint density at radius 1 is 1.48 bits per heavy atom. The van der Waals surface area contributed by atoms with E-state index >= 15 is 0 Å². The van der Waals surface area contributed by atoms with Crippen molar-refractivity contribution in [1.82, 2.24) is 4.98 Å². The van der Waals surface area contributed by atoms with Crippen molar-refractivity contribution in [3.8, 4) is 0 Å². The molecule has 0 saturated heterocycles. The second-order valence-corrected chi connectivity index (χ2v) is 4.94. The first-order chi connectivity index (χ1) is 10.0. The highest BCUT2D eigenvalue weighted by Gasteiger charge is 2.16. The molecule has 110 valence electrons.